The van der Waals surface area contributed by atoms with Crippen molar-refractivity contribution in [1.29, 1.82) is 0 Å². The lowest BCUT2D eigenvalue weighted by Crippen LogP contribution is -2.41. The molecule has 0 spiro atoms. The molecular weight excluding hydrogens is 408 g/mol. The minimum Gasteiger partial charge on any atom is -0.325 e. The summed E-state index contributed by atoms with van der Waals surface area (Å²) in [6.07, 6.45) is 0.687. The van der Waals surface area contributed by atoms with Gasteiger partial charge in [0.2, 0.25) is 5.91 Å². The van der Waals surface area contributed by atoms with E-state index in [1.807, 2.05) is 50.2 Å². The Kier molecular flexibility index (Phi) is 5.96. The Labute approximate surface area is 186 Å². The molecule has 7 heteroatoms. The maximum Gasteiger partial charge on any atom is 0.259 e. The first-order chi connectivity index (χ1) is 14.8. The molecule has 2 aromatic rings. The van der Waals surface area contributed by atoms with E-state index in [0.717, 1.165) is 28.1 Å². The summed E-state index contributed by atoms with van der Waals surface area (Å²) in [7, 11) is 0. The molecule has 6 nitrogen and oxygen atoms in total. The van der Waals surface area contributed by atoms with Gasteiger partial charge in [0.25, 0.3) is 5.91 Å². The molecule has 31 heavy (non-hydrogen) atoms. The fraction of sp³-hybridized carbons (Fsp3) is 0.333. The first-order valence-electron chi connectivity index (χ1n) is 10.4. The maximum absolute atomic E-state index is 13.1. The summed E-state index contributed by atoms with van der Waals surface area (Å²) in [6.45, 7) is 8.16. The van der Waals surface area contributed by atoms with Gasteiger partial charge in [-0.3, -0.25) is 14.6 Å². The molecule has 0 bridgehead atoms. The molecule has 1 unspecified atom stereocenters. The zero-order valence-electron chi connectivity index (χ0n) is 18.2. The summed E-state index contributed by atoms with van der Waals surface area (Å²) in [5.74, 6) is 0.935. The molecule has 2 heterocycles. The molecule has 0 aliphatic carbocycles. The van der Waals surface area contributed by atoms with Crippen LogP contribution in [0.4, 0.5) is 11.4 Å². The van der Waals surface area contributed by atoms with Crippen LogP contribution < -0.4 is 5.32 Å². The Morgan fingerprint density at radius 3 is 2.58 bits per heavy atom. The highest BCUT2D eigenvalue weighted by atomic mass is 32.2. The lowest BCUT2D eigenvalue weighted by molar-refractivity contribution is -0.125. The molecule has 160 valence electrons. The molecule has 2 aromatic carbocycles. The summed E-state index contributed by atoms with van der Waals surface area (Å²) in [4.78, 5) is 36.7. The number of nitrogens with one attached hydrogen (secondary N) is 1. The minimum atomic E-state index is -0.406. The number of hydrogen-bond acceptors (Lipinski definition) is 5. The van der Waals surface area contributed by atoms with E-state index in [4.69, 9.17) is 4.99 Å². The van der Waals surface area contributed by atoms with Crippen LogP contribution in [0.5, 0.6) is 0 Å². The average molecular weight is 435 g/mol. The third kappa shape index (κ3) is 4.56. The highest BCUT2D eigenvalue weighted by Crippen LogP contribution is 2.34. The van der Waals surface area contributed by atoms with Gasteiger partial charge in [0.15, 0.2) is 5.17 Å². The Morgan fingerprint density at radius 1 is 1.16 bits per heavy atom. The van der Waals surface area contributed by atoms with Gasteiger partial charge >= 0.3 is 0 Å². The van der Waals surface area contributed by atoms with Crippen LogP contribution in [0.2, 0.25) is 0 Å². The fourth-order valence-electron chi connectivity index (χ4n) is 3.87. The van der Waals surface area contributed by atoms with Gasteiger partial charge in [-0.25, -0.2) is 9.89 Å². The van der Waals surface area contributed by atoms with Crippen molar-refractivity contribution in [2.75, 3.05) is 11.1 Å². The van der Waals surface area contributed by atoms with Crippen LogP contribution in [0.1, 0.15) is 37.0 Å². The van der Waals surface area contributed by atoms with Gasteiger partial charge in [-0.15, -0.1) is 0 Å². The number of benzene rings is 2. The van der Waals surface area contributed by atoms with Crippen molar-refractivity contribution in [3.8, 4) is 0 Å². The summed E-state index contributed by atoms with van der Waals surface area (Å²) in [5, 5.41) is 3.44. The molecule has 1 atom stereocenters. The van der Waals surface area contributed by atoms with Crippen molar-refractivity contribution in [1.82, 2.24) is 4.90 Å². The summed E-state index contributed by atoms with van der Waals surface area (Å²) < 4.78 is 0. The van der Waals surface area contributed by atoms with Crippen molar-refractivity contribution < 1.29 is 9.59 Å². The predicted octanol–water partition coefficient (Wildman–Crippen LogP) is 4.68. The van der Waals surface area contributed by atoms with Gasteiger partial charge < -0.3 is 5.32 Å². The predicted molar refractivity (Wildman–Crippen MR) is 127 cm³/mol. The van der Waals surface area contributed by atoms with Crippen molar-refractivity contribution in [2.45, 2.75) is 40.2 Å². The van der Waals surface area contributed by atoms with Crippen LogP contribution in [-0.2, 0) is 9.59 Å². The molecule has 0 aromatic heterocycles. The number of carbonyl (C=O) groups excluding carboxylic acids is 2. The molecule has 0 radical (unpaired) electrons. The molecule has 0 fully saturated rings. The monoisotopic (exact) mass is 434 g/mol. The molecule has 1 N–H and O–H groups in total. The van der Waals surface area contributed by atoms with Crippen LogP contribution in [0, 0.1) is 19.8 Å². The quantitative estimate of drug-likeness (QED) is 0.742. The van der Waals surface area contributed by atoms with Gasteiger partial charge in [0, 0.05) is 11.3 Å². The van der Waals surface area contributed by atoms with Gasteiger partial charge in [0.05, 0.1) is 11.4 Å². The van der Waals surface area contributed by atoms with E-state index in [9.17, 15) is 9.59 Å². The number of aliphatic imine (C=N–C) groups is 2. The highest BCUT2D eigenvalue weighted by molar-refractivity contribution is 8.14. The van der Waals surface area contributed by atoms with E-state index < -0.39 is 6.04 Å². The van der Waals surface area contributed by atoms with Gasteiger partial charge in [-0.1, -0.05) is 43.8 Å². The normalized spacial score (nSPS) is 17.3. The van der Waals surface area contributed by atoms with Crippen molar-refractivity contribution in [3.05, 3.63) is 59.2 Å². The summed E-state index contributed by atoms with van der Waals surface area (Å²) in [5.41, 5.74) is 4.58. The number of amides is 2. The number of anilines is 1. The minimum absolute atomic E-state index is 0.0702. The van der Waals surface area contributed by atoms with Crippen LogP contribution in [0.15, 0.2) is 52.4 Å². The molecule has 0 saturated heterocycles. The van der Waals surface area contributed by atoms with Crippen LogP contribution in [0.25, 0.3) is 0 Å². The molecular formula is C24H26N4O2S. The Bertz CT molecular complexity index is 1090. The summed E-state index contributed by atoms with van der Waals surface area (Å²) in [6, 6.07) is 13.2. The topological polar surface area (TPSA) is 74.1 Å². The number of aryl methyl sites for hydroxylation is 2. The number of carbonyl (C=O) groups is 2. The SMILES string of the molecule is Cc1cc(C)cc(NC(=O)CSC2=Nc3ccccc3C3=NC(CC(C)C)C(=O)N23)c1. The van der Waals surface area contributed by atoms with Crippen LogP contribution in [-0.4, -0.2) is 39.5 Å². The van der Waals surface area contributed by atoms with E-state index in [-0.39, 0.29) is 17.6 Å². The zero-order chi connectivity index (χ0) is 22.1. The Hall–Kier alpha value is -2.93. The second kappa shape index (κ2) is 8.67. The first kappa shape index (κ1) is 21.3. The number of amidine groups is 2. The second-order valence-corrected chi connectivity index (χ2v) is 9.34. The number of thioether (sulfide) groups is 1. The fourth-order valence-corrected chi connectivity index (χ4v) is 4.67. The molecule has 4 rings (SSSR count). The van der Waals surface area contributed by atoms with E-state index in [1.54, 1.807) is 4.90 Å². The third-order valence-electron chi connectivity index (χ3n) is 5.08. The maximum atomic E-state index is 13.1. The average Bonchev–Trinajstić information content (AvgIpc) is 3.01. The highest BCUT2D eigenvalue weighted by Gasteiger charge is 2.41. The van der Waals surface area contributed by atoms with Crippen LogP contribution in [0.3, 0.4) is 0 Å². The largest absolute Gasteiger partial charge is 0.325 e. The zero-order valence-corrected chi connectivity index (χ0v) is 19.0. The number of para-hydroxylation sites is 1. The number of fused-ring (bicyclic) bond motifs is 3. The molecule has 2 aliphatic rings. The molecule has 2 amide bonds. The van der Waals surface area contributed by atoms with Gasteiger partial charge in [-0.2, -0.15) is 0 Å². The van der Waals surface area contributed by atoms with Crippen molar-refractivity contribution in [3.63, 3.8) is 0 Å². The van der Waals surface area contributed by atoms with E-state index >= 15 is 0 Å². The Morgan fingerprint density at radius 2 is 1.87 bits per heavy atom. The summed E-state index contributed by atoms with van der Waals surface area (Å²) >= 11 is 1.26. The van der Waals surface area contributed by atoms with E-state index in [1.165, 1.54) is 11.8 Å². The standard InChI is InChI=1S/C24H26N4O2S/c1-14(2)9-20-23(30)28-22(26-20)18-7-5-6-8-19(18)27-24(28)31-13-21(29)25-17-11-15(3)10-16(4)12-17/h5-8,10-12,14,20H,9,13H2,1-4H3,(H,25,29). The molecule has 2 aliphatic heterocycles. The van der Waals surface area contributed by atoms with Crippen molar-refractivity contribution >= 4 is 46.0 Å². The number of nitrogens with zero attached hydrogens (tertiary/aromatic N) is 3. The van der Waals surface area contributed by atoms with Gasteiger partial charge in [0.1, 0.15) is 11.9 Å². The lowest BCUT2D eigenvalue weighted by atomic mass is 10.0. The Balaban J connectivity index is 1.54. The number of hydrogen-bond donors (Lipinski definition) is 1. The van der Waals surface area contributed by atoms with Crippen molar-refractivity contribution in [2.24, 2.45) is 15.9 Å². The second-order valence-electron chi connectivity index (χ2n) is 8.40. The molecule has 0 saturated carbocycles. The van der Waals surface area contributed by atoms with E-state index in [0.29, 0.717) is 23.3 Å². The van der Waals surface area contributed by atoms with Gasteiger partial charge in [-0.05, 0) is 61.6 Å². The van der Waals surface area contributed by atoms with E-state index in [2.05, 4.69) is 30.2 Å². The lowest BCUT2D eigenvalue weighted by Gasteiger charge is -2.25. The van der Waals surface area contributed by atoms with Crippen LogP contribution >= 0.6 is 11.8 Å². The first-order valence-corrected chi connectivity index (χ1v) is 11.4. The third-order valence-corrected chi connectivity index (χ3v) is 6.02. The smallest absolute Gasteiger partial charge is 0.259 e. The number of rotatable bonds is 5.